The molecule has 2 aliphatic carbocycles. The number of ether oxygens (including phenoxy) is 1. The maximum atomic E-state index is 11.3. The summed E-state index contributed by atoms with van der Waals surface area (Å²) in [5.74, 6) is 1.43. The van der Waals surface area contributed by atoms with Crippen LogP contribution in [0, 0.1) is 11.8 Å². The molecule has 0 aromatic heterocycles. The number of ketones is 1. The summed E-state index contributed by atoms with van der Waals surface area (Å²) < 4.78 is 5.49. The van der Waals surface area contributed by atoms with Gasteiger partial charge in [-0.05, 0) is 31.6 Å². The largest absolute Gasteiger partial charge is 0.373 e. The standard InChI is InChI=1S/C12H20O2/c13-12(11-6-7-11)9-14-8-10-4-2-1-3-5-10/h10-11H,1-9H2. The quantitative estimate of drug-likeness (QED) is 0.675. The van der Waals surface area contributed by atoms with Gasteiger partial charge in [0.15, 0.2) is 5.78 Å². The van der Waals surface area contributed by atoms with Crippen molar-refractivity contribution in [1.29, 1.82) is 0 Å². The summed E-state index contributed by atoms with van der Waals surface area (Å²) in [4.78, 5) is 11.3. The van der Waals surface area contributed by atoms with E-state index in [1.54, 1.807) is 0 Å². The third-order valence-electron chi connectivity index (χ3n) is 3.36. The maximum absolute atomic E-state index is 11.3. The molecule has 0 heterocycles. The predicted molar refractivity (Wildman–Crippen MR) is 55.1 cm³/mol. The van der Waals surface area contributed by atoms with Gasteiger partial charge in [-0.3, -0.25) is 4.79 Å². The van der Waals surface area contributed by atoms with Gasteiger partial charge in [-0.25, -0.2) is 0 Å². The van der Waals surface area contributed by atoms with Crippen molar-refractivity contribution in [1.82, 2.24) is 0 Å². The molecule has 0 spiro atoms. The van der Waals surface area contributed by atoms with E-state index >= 15 is 0 Å². The van der Waals surface area contributed by atoms with E-state index in [0.29, 0.717) is 18.3 Å². The van der Waals surface area contributed by atoms with E-state index in [1.807, 2.05) is 0 Å². The Bertz CT molecular complexity index is 190. The molecule has 2 aliphatic rings. The van der Waals surface area contributed by atoms with Gasteiger partial charge >= 0.3 is 0 Å². The second-order valence-corrected chi connectivity index (χ2v) is 4.76. The third kappa shape index (κ3) is 3.09. The molecule has 2 nitrogen and oxygen atoms in total. The fraction of sp³-hybridized carbons (Fsp3) is 0.917. The van der Waals surface area contributed by atoms with Crippen LogP contribution < -0.4 is 0 Å². The molecule has 0 bridgehead atoms. The van der Waals surface area contributed by atoms with Crippen LogP contribution >= 0.6 is 0 Å². The molecule has 0 aromatic carbocycles. The van der Waals surface area contributed by atoms with Crippen molar-refractivity contribution in [2.45, 2.75) is 44.9 Å². The molecule has 0 unspecified atom stereocenters. The Morgan fingerprint density at radius 3 is 2.43 bits per heavy atom. The minimum Gasteiger partial charge on any atom is -0.373 e. The fourth-order valence-corrected chi connectivity index (χ4v) is 2.20. The minimum atomic E-state index is 0.334. The van der Waals surface area contributed by atoms with E-state index in [4.69, 9.17) is 4.74 Å². The molecular formula is C12H20O2. The van der Waals surface area contributed by atoms with Crippen LogP contribution in [0.1, 0.15) is 44.9 Å². The van der Waals surface area contributed by atoms with Crippen molar-refractivity contribution < 1.29 is 9.53 Å². The molecule has 80 valence electrons. The van der Waals surface area contributed by atoms with E-state index in [2.05, 4.69) is 0 Å². The van der Waals surface area contributed by atoms with Crippen molar-refractivity contribution in [2.24, 2.45) is 11.8 Å². The predicted octanol–water partition coefficient (Wildman–Crippen LogP) is 2.56. The molecule has 0 radical (unpaired) electrons. The summed E-state index contributed by atoms with van der Waals surface area (Å²) in [6.07, 6.45) is 8.90. The number of rotatable bonds is 5. The lowest BCUT2D eigenvalue weighted by Crippen LogP contribution is -2.17. The molecule has 2 saturated carbocycles. The number of hydrogen-bond donors (Lipinski definition) is 0. The first kappa shape index (κ1) is 10.2. The molecule has 2 rings (SSSR count). The van der Waals surface area contributed by atoms with E-state index in [0.717, 1.165) is 25.4 Å². The lowest BCUT2D eigenvalue weighted by molar-refractivity contribution is -0.125. The Hall–Kier alpha value is -0.370. The van der Waals surface area contributed by atoms with Gasteiger partial charge in [-0.15, -0.1) is 0 Å². The van der Waals surface area contributed by atoms with Crippen molar-refractivity contribution in [3.05, 3.63) is 0 Å². The summed E-state index contributed by atoms with van der Waals surface area (Å²) >= 11 is 0. The van der Waals surface area contributed by atoms with Crippen LogP contribution in [0.4, 0.5) is 0 Å². The number of carbonyl (C=O) groups is 1. The maximum Gasteiger partial charge on any atom is 0.161 e. The molecule has 2 fully saturated rings. The zero-order valence-corrected chi connectivity index (χ0v) is 8.84. The molecule has 14 heavy (non-hydrogen) atoms. The van der Waals surface area contributed by atoms with Gasteiger partial charge in [0.05, 0.1) is 0 Å². The van der Waals surface area contributed by atoms with Crippen LogP contribution in [0.15, 0.2) is 0 Å². The fourth-order valence-electron chi connectivity index (χ4n) is 2.20. The summed E-state index contributed by atoms with van der Waals surface area (Å²) in [5, 5.41) is 0. The van der Waals surface area contributed by atoms with Gasteiger partial charge in [-0.1, -0.05) is 19.3 Å². The molecule has 0 aromatic rings. The summed E-state index contributed by atoms with van der Waals surface area (Å²) in [5.41, 5.74) is 0. The van der Waals surface area contributed by atoms with E-state index in [9.17, 15) is 4.79 Å². The molecule has 0 saturated heterocycles. The number of hydrogen-bond acceptors (Lipinski definition) is 2. The lowest BCUT2D eigenvalue weighted by Gasteiger charge is -2.20. The van der Waals surface area contributed by atoms with Gasteiger partial charge in [0.25, 0.3) is 0 Å². The highest BCUT2D eigenvalue weighted by Crippen LogP contribution is 2.30. The van der Waals surface area contributed by atoms with Crippen LogP contribution in [-0.2, 0) is 9.53 Å². The topological polar surface area (TPSA) is 26.3 Å². The average Bonchev–Trinajstić information content (AvgIpc) is 3.02. The highest BCUT2D eigenvalue weighted by Gasteiger charge is 2.29. The van der Waals surface area contributed by atoms with Crippen molar-refractivity contribution >= 4 is 5.78 Å². The first-order valence-electron chi connectivity index (χ1n) is 5.96. The van der Waals surface area contributed by atoms with Crippen molar-refractivity contribution in [3.8, 4) is 0 Å². The Labute approximate surface area is 86.0 Å². The van der Waals surface area contributed by atoms with Crippen molar-refractivity contribution in [2.75, 3.05) is 13.2 Å². The molecule has 0 N–H and O–H groups in total. The second-order valence-electron chi connectivity index (χ2n) is 4.76. The highest BCUT2D eigenvalue weighted by molar-refractivity contribution is 5.84. The van der Waals surface area contributed by atoms with E-state index < -0.39 is 0 Å². The monoisotopic (exact) mass is 196 g/mol. The van der Waals surface area contributed by atoms with Gasteiger partial charge in [-0.2, -0.15) is 0 Å². The third-order valence-corrected chi connectivity index (χ3v) is 3.36. The summed E-state index contributed by atoms with van der Waals surface area (Å²) in [6, 6.07) is 0. The van der Waals surface area contributed by atoms with Gasteiger partial charge < -0.3 is 4.74 Å². The van der Waals surface area contributed by atoms with Crippen LogP contribution in [0.2, 0.25) is 0 Å². The molecule has 0 amide bonds. The number of carbonyl (C=O) groups excluding carboxylic acids is 1. The SMILES string of the molecule is O=C(COCC1CCCCC1)C1CC1. The van der Waals surface area contributed by atoms with Crippen LogP contribution in [0.25, 0.3) is 0 Å². The zero-order chi connectivity index (χ0) is 9.80. The van der Waals surface area contributed by atoms with Gasteiger partial charge in [0, 0.05) is 12.5 Å². The van der Waals surface area contributed by atoms with Crippen LogP contribution in [0.5, 0.6) is 0 Å². The second kappa shape index (κ2) is 4.92. The molecule has 0 atom stereocenters. The van der Waals surface area contributed by atoms with E-state index in [-0.39, 0.29) is 0 Å². The summed E-state index contributed by atoms with van der Waals surface area (Å²) in [6.45, 7) is 1.19. The zero-order valence-electron chi connectivity index (χ0n) is 8.84. The Morgan fingerprint density at radius 1 is 1.07 bits per heavy atom. The molecule has 2 heteroatoms. The molecular weight excluding hydrogens is 176 g/mol. The minimum absolute atomic E-state index is 0.334. The van der Waals surface area contributed by atoms with Crippen molar-refractivity contribution in [3.63, 3.8) is 0 Å². The Kier molecular flexibility index (Phi) is 3.57. The Balaban J connectivity index is 1.54. The van der Waals surface area contributed by atoms with E-state index in [1.165, 1.54) is 32.1 Å². The first-order chi connectivity index (χ1) is 6.86. The highest BCUT2D eigenvalue weighted by atomic mass is 16.5. The average molecular weight is 196 g/mol. The smallest absolute Gasteiger partial charge is 0.161 e. The van der Waals surface area contributed by atoms with Gasteiger partial charge in [0.1, 0.15) is 6.61 Å². The van der Waals surface area contributed by atoms with Crippen LogP contribution in [-0.4, -0.2) is 19.0 Å². The lowest BCUT2D eigenvalue weighted by atomic mass is 9.90. The first-order valence-corrected chi connectivity index (χ1v) is 5.96. The Morgan fingerprint density at radius 2 is 1.79 bits per heavy atom. The normalized spacial score (nSPS) is 23.7. The van der Waals surface area contributed by atoms with Crippen LogP contribution in [0.3, 0.4) is 0 Å². The van der Waals surface area contributed by atoms with Gasteiger partial charge in [0.2, 0.25) is 0 Å². The summed E-state index contributed by atoms with van der Waals surface area (Å²) in [7, 11) is 0. The number of Topliss-reactive ketones (excluding diaryl/α,β-unsaturated/α-hetero) is 1. The molecule has 0 aliphatic heterocycles.